The van der Waals surface area contributed by atoms with E-state index in [1.165, 1.54) is 16.4 Å². The van der Waals surface area contributed by atoms with Gasteiger partial charge in [0.2, 0.25) is 11.1 Å². The molecule has 0 bridgehead atoms. The molecule has 1 heterocycles. The number of nitrogen functional groups attached to an aromatic ring is 1. The summed E-state index contributed by atoms with van der Waals surface area (Å²) >= 11 is 4.68. The minimum atomic E-state index is -0.353. The molecule has 0 aliphatic rings. The van der Waals surface area contributed by atoms with Crippen molar-refractivity contribution in [1.82, 2.24) is 19.8 Å². The Morgan fingerprint density at radius 1 is 1.24 bits per heavy atom. The van der Waals surface area contributed by atoms with Crippen molar-refractivity contribution in [2.75, 3.05) is 12.9 Å². The maximum Gasteiger partial charge on any atom is 0.235 e. The van der Waals surface area contributed by atoms with Crippen molar-refractivity contribution in [3.05, 3.63) is 70.5 Å². The highest BCUT2D eigenvalue weighted by Gasteiger charge is 2.22. The Morgan fingerprint density at radius 3 is 2.72 bits per heavy atom. The normalized spacial score (nSPS) is 11.8. The van der Waals surface area contributed by atoms with Gasteiger partial charge in [0, 0.05) is 18.1 Å². The van der Waals surface area contributed by atoms with Crippen LogP contribution >= 0.6 is 27.7 Å². The van der Waals surface area contributed by atoms with Gasteiger partial charge in [-0.2, -0.15) is 0 Å². The minimum Gasteiger partial charge on any atom is -0.485 e. The number of benzene rings is 2. The molecule has 1 aromatic heterocycles. The third-order valence-corrected chi connectivity index (χ3v) is 5.71. The summed E-state index contributed by atoms with van der Waals surface area (Å²) in [6, 6.07) is 17.4. The van der Waals surface area contributed by atoms with E-state index in [4.69, 9.17) is 10.6 Å². The Labute approximate surface area is 182 Å². The first-order chi connectivity index (χ1) is 13.9. The number of ether oxygens (including phenoxy) is 1. The van der Waals surface area contributed by atoms with Crippen molar-refractivity contribution in [2.24, 2.45) is 0 Å². The first kappa shape index (κ1) is 21.2. The van der Waals surface area contributed by atoms with Crippen LogP contribution in [0.25, 0.3) is 0 Å². The number of hydrogen-bond donors (Lipinski definition) is 1. The molecular formula is C20H22BrN5O2S. The summed E-state index contributed by atoms with van der Waals surface area (Å²) in [7, 11) is 1.79. The predicted octanol–water partition coefficient (Wildman–Crippen LogP) is 3.47. The molecule has 0 radical (unpaired) electrons. The monoisotopic (exact) mass is 475 g/mol. The van der Waals surface area contributed by atoms with Gasteiger partial charge >= 0.3 is 0 Å². The summed E-state index contributed by atoms with van der Waals surface area (Å²) in [5.41, 5.74) is 1.08. The van der Waals surface area contributed by atoms with E-state index in [0.717, 1.165) is 10.0 Å². The summed E-state index contributed by atoms with van der Waals surface area (Å²) in [5, 5.41) is 8.30. The van der Waals surface area contributed by atoms with E-state index in [0.29, 0.717) is 23.3 Å². The molecule has 2 aromatic carbocycles. The standard InChI is InChI=1S/C20H22BrN5O2S/c1-14(19(27)25(2)12-15-7-4-3-5-8-15)29-20-24-23-18(26(20)22)13-28-17-10-6-9-16(21)11-17/h3-11,14H,12-13,22H2,1-2H3. The van der Waals surface area contributed by atoms with E-state index < -0.39 is 0 Å². The molecule has 9 heteroatoms. The largest absolute Gasteiger partial charge is 0.485 e. The van der Waals surface area contributed by atoms with E-state index >= 15 is 0 Å². The molecule has 1 amide bonds. The zero-order valence-electron chi connectivity index (χ0n) is 16.2. The van der Waals surface area contributed by atoms with Crippen LogP contribution < -0.4 is 10.6 Å². The van der Waals surface area contributed by atoms with E-state index in [1.54, 1.807) is 11.9 Å². The summed E-state index contributed by atoms with van der Waals surface area (Å²) in [4.78, 5) is 14.4. The van der Waals surface area contributed by atoms with Gasteiger partial charge in [0.1, 0.15) is 12.4 Å². The molecule has 0 aliphatic carbocycles. The number of hydrogen-bond acceptors (Lipinski definition) is 6. The average Bonchev–Trinajstić information content (AvgIpc) is 3.06. The van der Waals surface area contributed by atoms with Crippen LogP contribution in [0.5, 0.6) is 5.75 Å². The van der Waals surface area contributed by atoms with Crippen molar-refractivity contribution >= 4 is 33.6 Å². The van der Waals surface area contributed by atoms with Gasteiger partial charge in [-0.05, 0) is 30.7 Å². The minimum absolute atomic E-state index is 0.00575. The molecule has 0 aliphatic heterocycles. The fourth-order valence-corrected chi connectivity index (χ4v) is 3.93. The summed E-state index contributed by atoms with van der Waals surface area (Å²) in [6.07, 6.45) is 0. The Bertz CT molecular complexity index is 967. The van der Waals surface area contributed by atoms with Crippen molar-refractivity contribution < 1.29 is 9.53 Å². The second-order valence-electron chi connectivity index (χ2n) is 6.45. The first-order valence-electron chi connectivity index (χ1n) is 8.97. The van der Waals surface area contributed by atoms with Gasteiger partial charge in [-0.1, -0.05) is 64.1 Å². The lowest BCUT2D eigenvalue weighted by Gasteiger charge is -2.21. The van der Waals surface area contributed by atoms with E-state index in [2.05, 4.69) is 26.1 Å². The van der Waals surface area contributed by atoms with E-state index in [9.17, 15) is 4.79 Å². The predicted molar refractivity (Wildman–Crippen MR) is 117 cm³/mol. The van der Waals surface area contributed by atoms with Crippen LogP contribution in [0.2, 0.25) is 0 Å². The lowest BCUT2D eigenvalue weighted by Crippen LogP contribution is -2.33. The topological polar surface area (TPSA) is 86.3 Å². The maximum atomic E-state index is 12.7. The third-order valence-electron chi connectivity index (χ3n) is 4.17. The van der Waals surface area contributed by atoms with Crippen molar-refractivity contribution in [1.29, 1.82) is 0 Å². The van der Waals surface area contributed by atoms with Gasteiger partial charge in [-0.25, -0.2) is 4.68 Å². The van der Waals surface area contributed by atoms with Gasteiger partial charge in [0.25, 0.3) is 0 Å². The fraction of sp³-hybridized carbons (Fsp3) is 0.250. The van der Waals surface area contributed by atoms with Crippen LogP contribution in [0.4, 0.5) is 0 Å². The van der Waals surface area contributed by atoms with Gasteiger partial charge in [-0.15, -0.1) is 10.2 Å². The molecule has 152 valence electrons. The zero-order chi connectivity index (χ0) is 20.8. The molecule has 0 saturated carbocycles. The van der Waals surface area contributed by atoms with Gasteiger partial charge < -0.3 is 15.5 Å². The molecule has 0 saturated heterocycles. The number of aromatic nitrogens is 3. The van der Waals surface area contributed by atoms with Crippen LogP contribution in [0.15, 0.2) is 64.2 Å². The Hall–Kier alpha value is -2.52. The number of halogens is 1. The summed E-state index contributed by atoms with van der Waals surface area (Å²) in [5.74, 6) is 7.27. The Kier molecular flexibility index (Phi) is 7.16. The Balaban J connectivity index is 1.57. The van der Waals surface area contributed by atoms with E-state index in [-0.39, 0.29) is 17.8 Å². The average molecular weight is 476 g/mol. The number of thioether (sulfide) groups is 1. The molecule has 1 atom stereocenters. The van der Waals surface area contributed by atoms with Gasteiger partial charge in [-0.3, -0.25) is 4.79 Å². The number of rotatable bonds is 8. The lowest BCUT2D eigenvalue weighted by molar-refractivity contribution is -0.129. The quantitative estimate of drug-likeness (QED) is 0.396. The number of nitrogens with zero attached hydrogens (tertiary/aromatic N) is 4. The number of nitrogens with two attached hydrogens (primary N) is 1. The van der Waals surface area contributed by atoms with E-state index in [1.807, 2.05) is 61.5 Å². The Morgan fingerprint density at radius 2 is 2.00 bits per heavy atom. The SMILES string of the molecule is CC(Sc1nnc(COc2cccc(Br)c2)n1N)C(=O)N(C)Cc1ccccc1. The number of carbonyl (C=O) groups is 1. The number of carbonyl (C=O) groups excluding carboxylic acids is 1. The highest BCUT2D eigenvalue weighted by Crippen LogP contribution is 2.23. The van der Waals surface area contributed by atoms with Crippen molar-refractivity contribution in [2.45, 2.75) is 30.5 Å². The molecule has 29 heavy (non-hydrogen) atoms. The van der Waals surface area contributed by atoms with Crippen LogP contribution in [-0.2, 0) is 17.9 Å². The van der Waals surface area contributed by atoms with Crippen molar-refractivity contribution in [3.63, 3.8) is 0 Å². The molecule has 3 rings (SSSR count). The third kappa shape index (κ3) is 5.74. The summed E-state index contributed by atoms with van der Waals surface area (Å²) < 4.78 is 7.99. The molecule has 0 fully saturated rings. The molecule has 2 N–H and O–H groups in total. The number of amides is 1. The summed E-state index contributed by atoms with van der Waals surface area (Å²) in [6.45, 7) is 2.56. The molecule has 1 unspecified atom stereocenters. The lowest BCUT2D eigenvalue weighted by atomic mass is 10.2. The molecular weight excluding hydrogens is 454 g/mol. The fourth-order valence-electron chi connectivity index (χ4n) is 2.64. The van der Waals surface area contributed by atoms with Gasteiger partial charge in [0.15, 0.2) is 5.82 Å². The van der Waals surface area contributed by atoms with Crippen LogP contribution in [0.1, 0.15) is 18.3 Å². The molecule has 3 aromatic rings. The first-order valence-corrected chi connectivity index (χ1v) is 10.6. The van der Waals surface area contributed by atoms with Crippen LogP contribution in [0, 0.1) is 0 Å². The molecule has 0 spiro atoms. The van der Waals surface area contributed by atoms with Crippen molar-refractivity contribution in [3.8, 4) is 5.75 Å². The smallest absolute Gasteiger partial charge is 0.235 e. The van der Waals surface area contributed by atoms with Crippen LogP contribution in [-0.4, -0.2) is 38.0 Å². The highest BCUT2D eigenvalue weighted by atomic mass is 79.9. The maximum absolute atomic E-state index is 12.7. The second kappa shape index (κ2) is 9.80. The highest BCUT2D eigenvalue weighted by molar-refractivity contribution is 9.10. The molecule has 7 nitrogen and oxygen atoms in total. The zero-order valence-corrected chi connectivity index (χ0v) is 18.6. The second-order valence-corrected chi connectivity index (χ2v) is 8.68. The van der Waals surface area contributed by atoms with Crippen LogP contribution in [0.3, 0.4) is 0 Å². The van der Waals surface area contributed by atoms with Gasteiger partial charge in [0.05, 0.1) is 5.25 Å².